The molecule has 1 aliphatic rings. The van der Waals surface area contributed by atoms with E-state index in [1.54, 1.807) is 38.4 Å². The normalized spacial score (nSPS) is 17.9. The number of halogens is 1. The van der Waals surface area contributed by atoms with Gasteiger partial charge in [0, 0.05) is 31.9 Å². The van der Waals surface area contributed by atoms with Crippen LogP contribution in [0.15, 0.2) is 53.4 Å². The van der Waals surface area contributed by atoms with Crippen LogP contribution < -0.4 is 9.64 Å². The highest BCUT2D eigenvalue weighted by Crippen LogP contribution is 2.27. The van der Waals surface area contributed by atoms with Crippen LogP contribution in [-0.4, -0.2) is 45.9 Å². The molecule has 0 radical (unpaired) electrons. The number of sulfonamides is 1. The number of hydrogen-bond donors (Lipinski definition) is 0. The largest absolute Gasteiger partial charge is 0.497 e. The summed E-state index contributed by atoms with van der Waals surface area (Å²) < 4.78 is 45.3. The molecule has 0 saturated carbocycles. The lowest BCUT2D eigenvalue weighted by Gasteiger charge is -2.33. The Labute approximate surface area is 164 Å². The molecule has 1 aliphatic heterocycles. The van der Waals surface area contributed by atoms with Gasteiger partial charge in [0.1, 0.15) is 11.6 Å². The number of anilines is 1. The summed E-state index contributed by atoms with van der Waals surface area (Å²) in [6, 6.07) is 11.9. The Balaban J connectivity index is 1.76. The maximum absolute atomic E-state index is 13.1. The number of methoxy groups -OCH3 is 1. The van der Waals surface area contributed by atoms with Crippen molar-refractivity contribution >= 4 is 21.6 Å². The van der Waals surface area contributed by atoms with Gasteiger partial charge in [0.25, 0.3) is 0 Å². The standard InChI is InChI=1S/C20H23FN2O4S/c1-22(17-6-3-7-18(13-17)27-2)20(24)15-5-4-12-23(14-15)28(25,26)19-10-8-16(21)9-11-19/h3,6-11,13,15H,4-5,12,14H2,1-2H3/t15-/m0/s1. The zero-order chi connectivity index (χ0) is 20.3. The molecule has 0 spiro atoms. The second kappa shape index (κ2) is 8.28. The molecule has 150 valence electrons. The van der Waals surface area contributed by atoms with Crippen molar-refractivity contribution in [3.05, 3.63) is 54.3 Å². The van der Waals surface area contributed by atoms with Crippen LogP contribution >= 0.6 is 0 Å². The first kappa shape index (κ1) is 20.3. The van der Waals surface area contributed by atoms with Crippen molar-refractivity contribution in [1.29, 1.82) is 0 Å². The number of nitrogens with zero attached hydrogens (tertiary/aromatic N) is 2. The van der Waals surface area contributed by atoms with E-state index in [9.17, 15) is 17.6 Å². The van der Waals surface area contributed by atoms with Gasteiger partial charge in [-0.1, -0.05) is 6.07 Å². The van der Waals surface area contributed by atoms with Gasteiger partial charge in [0.15, 0.2) is 0 Å². The van der Waals surface area contributed by atoms with Gasteiger partial charge >= 0.3 is 0 Å². The third-order valence-electron chi connectivity index (χ3n) is 4.96. The molecule has 1 heterocycles. The van der Waals surface area contributed by atoms with Gasteiger partial charge in [0.05, 0.1) is 17.9 Å². The van der Waals surface area contributed by atoms with Gasteiger partial charge in [-0.3, -0.25) is 4.79 Å². The fourth-order valence-corrected chi connectivity index (χ4v) is 4.86. The number of carbonyl (C=O) groups is 1. The van der Waals surface area contributed by atoms with Crippen molar-refractivity contribution in [2.24, 2.45) is 5.92 Å². The Morgan fingerprint density at radius 2 is 1.93 bits per heavy atom. The van der Waals surface area contributed by atoms with Crippen LogP contribution in [0, 0.1) is 11.7 Å². The quantitative estimate of drug-likeness (QED) is 0.766. The van der Waals surface area contributed by atoms with Crippen LogP contribution in [0.3, 0.4) is 0 Å². The fourth-order valence-electron chi connectivity index (χ4n) is 3.34. The summed E-state index contributed by atoms with van der Waals surface area (Å²) in [4.78, 5) is 14.5. The highest BCUT2D eigenvalue weighted by molar-refractivity contribution is 7.89. The zero-order valence-corrected chi connectivity index (χ0v) is 16.7. The van der Waals surface area contributed by atoms with Crippen LogP contribution in [0.2, 0.25) is 0 Å². The van der Waals surface area contributed by atoms with E-state index in [-0.39, 0.29) is 17.3 Å². The Morgan fingerprint density at radius 3 is 2.61 bits per heavy atom. The fraction of sp³-hybridized carbons (Fsp3) is 0.350. The number of carbonyl (C=O) groups excluding carboxylic acids is 1. The monoisotopic (exact) mass is 406 g/mol. The van der Waals surface area contributed by atoms with E-state index >= 15 is 0 Å². The molecule has 2 aromatic rings. The third kappa shape index (κ3) is 4.18. The van der Waals surface area contributed by atoms with Crippen LogP contribution in [0.5, 0.6) is 5.75 Å². The number of hydrogen-bond acceptors (Lipinski definition) is 4. The molecule has 3 rings (SSSR count). The second-order valence-corrected chi connectivity index (χ2v) is 8.69. The summed E-state index contributed by atoms with van der Waals surface area (Å²) >= 11 is 0. The number of rotatable bonds is 5. The molecule has 1 atom stereocenters. The first-order valence-electron chi connectivity index (χ1n) is 9.00. The van der Waals surface area contributed by atoms with E-state index < -0.39 is 21.8 Å². The summed E-state index contributed by atoms with van der Waals surface area (Å²) in [7, 11) is -0.543. The Morgan fingerprint density at radius 1 is 1.21 bits per heavy atom. The van der Waals surface area contributed by atoms with Crippen LogP contribution in [0.25, 0.3) is 0 Å². The predicted molar refractivity (Wildman–Crippen MR) is 104 cm³/mol. The van der Waals surface area contributed by atoms with Gasteiger partial charge < -0.3 is 9.64 Å². The summed E-state index contributed by atoms with van der Waals surface area (Å²) in [5.74, 6) is -0.445. The summed E-state index contributed by atoms with van der Waals surface area (Å²) in [5, 5.41) is 0. The van der Waals surface area contributed by atoms with E-state index in [4.69, 9.17) is 4.74 Å². The molecule has 1 amide bonds. The van der Waals surface area contributed by atoms with Gasteiger partial charge in [-0.25, -0.2) is 12.8 Å². The van der Waals surface area contributed by atoms with Crippen molar-refractivity contribution in [2.45, 2.75) is 17.7 Å². The minimum atomic E-state index is -3.77. The molecule has 0 aliphatic carbocycles. The van der Waals surface area contributed by atoms with E-state index in [1.165, 1.54) is 21.3 Å². The first-order valence-corrected chi connectivity index (χ1v) is 10.4. The minimum absolute atomic E-state index is 0.0307. The molecule has 1 fully saturated rings. The Hall–Kier alpha value is -2.45. The Bertz CT molecular complexity index is 947. The SMILES string of the molecule is COc1cccc(N(C)C(=O)[C@H]2CCCN(S(=O)(=O)c3ccc(F)cc3)C2)c1. The average molecular weight is 406 g/mol. The highest BCUT2D eigenvalue weighted by Gasteiger charge is 2.34. The summed E-state index contributed by atoms with van der Waals surface area (Å²) in [6.07, 6.45) is 1.20. The van der Waals surface area contributed by atoms with Crippen LogP contribution in [0.4, 0.5) is 10.1 Å². The van der Waals surface area contributed by atoms with Gasteiger partial charge in [-0.05, 0) is 49.2 Å². The molecule has 0 unspecified atom stereocenters. The van der Waals surface area contributed by atoms with Crippen molar-refractivity contribution in [1.82, 2.24) is 4.31 Å². The average Bonchev–Trinajstić information content (AvgIpc) is 2.73. The second-order valence-electron chi connectivity index (χ2n) is 6.75. The molecule has 6 nitrogen and oxygen atoms in total. The van der Waals surface area contributed by atoms with E-state index in [1.807, 2.05) is 0 Å². The van der Waals surface area contributed by atoms with Crippen molar-refractivity contribution < 1.29 is 22.3 Å². The topological polar surface area (TPSA) is 66.9 Å². The highest BCUT2D eigenvalue weighted by atomic mass is 32.2. The number of piperidine rings is 1. The smallest absolute Gasteiger partial charge is 0.243 e. The van der Waals surface area contributed by atoms with Gasteiger partial charge in [-0.2, -0.15) is 4.31 Å². The zero-order valence-electron chi connectivity index (χ0n) is 15.8. The molecule has 2 aromatic carbocycles. The van der Waals surface area contributed by atoms with Crippen LogP contribution in [-0.2, 0) is 14.8 Å². The van der Waals surface area contributed by atoms with Crippen LogP contribution in [0.1, 0.15) is 12.8 Å². The first-order chi connectivity index (χ1) is 13.3. The molecule has 28 heavy (non-hydrogen) atoms. The van der Waals surface area contributed by atoms with Crippen molar-refractivity contribution in [3.63, 3.8) is 0 Å². The van der Waals surface area contributed by atoms with E-state index in [2.05, 4.69) is 0 Å². The number of amides is 1. The third-order valence-corrected chi connectivity index (χ3v) is 6.84. The Kier molecular flexibility index (Phi) is 6.00. The molecular weight excluding hydrogens is 383 g/mol. The molecular formula is C20H23FN2O4S. The minimum Gasteiger partial charge on any atom is -0.497 e. The lowest BCUT2D eigenvalue weighted by Crippen LogP contribution is -2.45. The van der Waals surface area contributed by atoms with Crippen molar-refractivity contribution in [2.75, 3.05) is 32.1 Å². The van der Waals surface area contributed by atoms with E-state index in [0.29, 0.717) is 30.8 Å². The van der Waals surface area contributed by atoms with Crippen molar-refractivity contribution in [3.8, 4) is 5.75 Å². The number of benzene rings is 2. The summed E-state index contributed by atoms with van der Waals surface area (Å²) in [6.45, 7) is 0.444. The maximum Gasteiger partial charge on any atom is 0.243 e. The summed E-state index contributed by atoms with van der Waals surface area (Å²) in [5.41, 5.74) is 0.683. The molecule has 0 N–H and O–H groups in total. The maximum atomic E-state index is 13.1. The molecule has 1 saturated heterocycles. The number of ether oxygens (including phenoxy) is 1. The molecule has 8 heteroatoms. The van der Waals surface area contributed by atoms with Gasteiger partial charge in [-0.15, -0.1) is 0 Å². The molecule has 0 aromatic heterocycles. The molecule has 0 bridgehead atoms. The lowest BCUT2D eigenvalue weighted by atomic mass is 9.98. The van der Waals surface area contributed by atoms with E-state index in [0.717, 1.165) is 12.1 Å². The van der Waals surface area contributed by atoms with Gasteiger partial charge in [0.2, 0.25) is 15.9 Å². The lowest BCUT2D eigenvalue weighted by molar-refractivity contribution is -0.123. The predicted octanol–water partition coefficient (Wildman–Crippen LogP) is 2.90.